The molecule has 20 heavy (non-hydrogen) atoms. The molecule has 0 spiro atoms. The molecule has 3 rings (SSSR count). The highest BCUT2D eigenvalue weighted by atomic mass is 16.5. The third-order valence-corrected chi connectivity index (χ3v) is 5.61. The topological polar surface area (TPSA) is 67.0 Å². The molecule has 1 saturated carbocycles. The second-order valence-corrected chi connectivity index (χ2v) is 6.77. The average molecular weight is 277 g/mol. The molecule has 2 aliphatic carbocycles. The minimum Gasteiger partial charge on any atom is -0.378 e. The molecule has 1 heterocycles. The summed E-state index contributed by atoms with van der Waals surface area (Å²) in [4.78, 5) is 12.4. The van der Waals surface area contributed by atoms with Gasteiger partial charge in [-0.1, -0.05) is 13.8 Å². The van der Waals surface area contributed by atoms with Gasteiger partial charge in [0.25, 0.3) is 5.91 Å². The van der Waals surface area contributed by atoms with Crippen molar-refractivity contribution in [2.24, 2.45) is 5.41 Å². The van der Waals surface area contributed by atoms with Crippen molar-refractivity contribution in [3.05, 3.63) is 17.0 Å². The van der Waals surface area contributed by atoms with Gasteiger partial charge in [0.1, 0.15) is 0 Å². The summed E-state index contributed by atoms with van der Waals surface area (Å²) in [6.07, 6.45) is 3.92. The molecular formula is C15H23N3O2. The number of aromatic nitrogens is 2. The van der Waals surface area contributed by atoms with Gasteiger partial charge >= 0.3 is 0 Å². The Kier molecular flexibility index (Phi) is 2.94. The molecular weight excluding hydrogens is 254 g/mol. The summed E-state index contributed by atoms with van der Waals surface area (Å²) in [7, 11) is 1.74. The molecule has 1 fully saturated rings. The predicted molar refractivity (Wildman–Crippen MR) is 75.7 cm³/mol. The van der Waals surface area contributed by atoms with Gasteiger partial charge in [0, 0.05) is 29.8 Å². The number of H-pyrrole nitrogens is 1. The van der Waals surface area contributed by atoms with E-state index in [2.05, 4.69) is 36.3 Å². The van der Waals surface area contributed by atoms with Crippen molar-refractivity contribution in [3.8, 4) is 0 Å². The Hall–Kier alpha value is -1.36. The van der Waals surface area contributed by atoms with Crippen LogP contribution in [0.25, 0.3) is 0 Å². The van der Waals surface area contributed by atoms with E-state index in [9.17, 15) is 4.79 Å². The van der Waals surface area contributed by atoms with E-state index in [4.69, 9.17) is 4.74 Å². The van der Waals surface area contributed by atoms with Crippen molar-refractivity contribution in [2.45, 2.75) is 58.1 Å². The quantitative estimate of drug-likeness (QED) is 0.885. The number of nitrogens with zero attached hydrogens (tertiary/aromatic N) is 1. The lowest BCUT2D eigenvalue weighted by Crippen LogP contribution is -2.68. The third-order valence-electron chi connectivity index (χ3n) is 5.61. The zero-order valence-electron chi connectivity index (χ0n) is 12.7. The third kappa shape index (κ3) is 1.72. The van der Waals surface area contributed by atoms with Crippen LogP contribution in [0.2, 0.25) is 0 Å². The fourth-order valence-corrected chi connectivity index (χ4v) is 3.46. The Morgan fingerprint density at radius 1 is 1.40 bits per heavy atom. The van der Waals surface area contributed by atoms with Gasteiger partial charge in [0.05, 0.1) is 5.60 Å². The van der Waals surface area contributed by atoms with Crippen molar-refractivity contribution in [1.29, 1.82) is 0 Å². The summed E-state index contributed by atoms with van der Waals surface area (Å²) in [5.74, 6) is -0.0550. The van der Waals surface area contributed by atoms with E-state index in [-0.39, 0.29) is 23.0 Å². The molecule has 1 amide bonds. The van der Waals surface area contributed by atoms with Crippen molar-refractivity contribution < 1.29 is 9.53 Å². The van der Waals surface area contributed by atoms with Crippen LogP contribution in [0, 0.1) is 5.41 Å². The summed E-state index contributed by atoms with van der Waals surface area (Å²) in [6, 6.07) is 0.133. The molecule has 5 nitrogen and oxygen atoms in total. The first-order valence-electron chi connectivity index (χ1n) is 7.31. The van der Waals surface area contributed by atoms with E-state index in [0.717, 1.165) is 36.9 Å². The van der Waals surface area contributed by atoms with Crippen molar-refractivity contribution in [3.63, 3.8) is 0 Å². The van der Waals surface area contributed by atoms with Crippen LogP contribution in [0.5, 0.6) is 0 Å². The molecule has 2 unspecified atom stereocenters. The van der Waals surface area contributed by atoms with Gasteiger partial charge in [-0.25, -0.2) is 0 Å². The molecule has 2 atom stereocenters. The first-order chi connectivity index (χ1) is 9.39. The summed E-state index contributed by atoms with van der Waals surface area (Å²) < 4.78 is 5.59. The van der Waals surface area contributed by atoms with E-state index >= 15 is 0 Å². The number of carbonyl (C=O) groups is 1. The Balaban J connectivity index is 1.72. The number of rotatable bonds is 3. The second kappa shape index (κ2) is 4.32. The number of ether oxygens (including phenoxy) is 1. The lowest BCUT2D eigenvalue weighted by Gasteiger charge is -2.59. The van der Waals surface area contributed by atoms with Crippen molar-refractivity contribution >= 4 is 5.91 Å². The van der Waals surface area contributed by atoms with Gasteiger partial charge in [-0.15, -0.1) is 0 Å². The predicted octanol–water partition coefficient (Wildman–Crippen LogP) is 1.83. The number of hydrogen-bond donors (Lipinski definition) is 2. The molecule has 5 heteroatoms. The monoisotopic (exact) mass is 277 g/mol. The first-order valence-corrected chi connectivity index (χ1v) is 7.31. The Morgan fingerprint density at radius 2 is 2.15 bits per heavy atom. The maximum absolute atomic E-state index is 12.4. The van der Waals surface area contributed by atoms with Crippen LogP contribution in [0.4, 0.5) is 0 Å². The minimum atomic E-state index is -0.168. The largest absolute Gasteiger partial charge is 0.378 e. The number of aryl methyl sites for hydroxylation is 1. The Bertz CT molecular complexity index is 549. The first kappa shape index (κ1) is 13.6. The summed E-state index contributed by atoms with van der Waals surface area (Å²) in [6.45, 7) is 6.38. The number of fused-ring (bicyclic) bond motifs is 1. The van der Waals surface area contributed by atoms with Gasteiger partial charge in [-0.05, 0) is 32.6 Å². The fourth-order valence-electron chi connectivity index (χ4n) is 3.46. The molecule has 0 bridgehead atoms. The van der Waals surface area contributed by atoms with E-state index in [1.807, 2.05) is 0 Å². The SMILES string of the molecule is COC1(C)CC(NC(=O)c2n[nH]c3c2CCC3)C1(C)C. The molecule has 2 N–H and O–H groups in total. The fraction of sp³-hybridized carbons (Fsp3) is 0.733. The molecule has 0 aromatic carbocycles. The zero-order valence-corrected chi connectivity index (χ0v) is 12.7. The van der Waals surface area contributed by atoms with E-state index in [1.54, 1.807) is 7.11 Å². The average Bonchev–Trinajstić information content (AvgIpc) is 2.99. The number of nitrogens with one attached hydrogen (secondary N) is 2. The number of hydrogen-bond acceptors (Lipinski definition) is 3. The molecule has 0 saturated heterocycles. The van der Waals surface area contributed by atoms with Crippen LogP contribution in [0.3, 0.4) is 0 Å². The second-order valence-electron chi connectivity index (χ2n) is 6.77. The highest BCUT2D eigenvalue weighted by molar-refractivity contribution is 5.94. The van der Waals surface area contributed by atoms with E-state index in [0.29, 0.717) is 5.69 Å². The molecule has 1 aromatic heterocycles. The normalized spacial score (nSPS) is 30.7. The summed E-state index contributed by atoms with van der Waals surface area (Å²) in [5.41, 5.74) is 2.58. The number of methoxy groups -OCH3 is 1. The van der Waals surface area contributed by atoms with Crippen LogP contribution in [-0.4, -0.2) is 34.9 Å². The Morgan fingerprint density at radius 3 is 2.80 bits per heavy atom. The van der Waals surface area contributed by atoms with Crippen LogP contribution in [-0.2, 0) is 17.6 Å². The maximum atomic E-state index is 12.4. The minimum absolute atomic E-state index is 0.0550. The van der Waals surface area contributed by atoms with Crippen LogP contribution < -0.4 is 5.32 Å². The zero-order chi connectivity index (χ0) is 14.5. The van der Waals surface area contributed by atoms with Gasteiger partial charge in [-0.2, -0.15) is 5.10 Å². The smallest absolute Gasteiger partial charge is 0.272 e. The van der Waals surface area contributed by atoms with Crippen LogP contribution >= 0.6 is 0 Å². The lowest BCUT2D eigenvalue weighted by atomic mass is 9.56. The molecule has 1 aromatic rings. The van der Waals surface area contributed by atoms with Crippen LogP contribution in [0.15, 0.2) is 0 Å². The summed E-state index contributed by atoms with van der Waals surface area (Å²) >= 11 is 0. The standard InChI is InChI=1S/C15H23N3O2/c1-14(2)11(8-15(14,3)20-4)16-13(19)12-9-6-5-7-10(9)17-18-12/h11H,5-8H2,1-4H3,(H,16,19)(H,17,18). The van der Waals surface area contributed by atoms with E-state index in [1.165, 1.54) is 0 Å². The molecule has 2 aliphatic rings. The van der Waals surface area contributed by atoms with Gasteiger partial charge in [-0.3, -0.25) is 9.89 Å². The molecule has 110 valence electrons. The Labute approximate surface area is 119 Å². The van der Waals surface area contributed by atoms with E-state index < -0.39 is 0 Å². The number of aromatic amines is 1. The van der Waals surface area contributed by atoms with Crippen LogP contribution in [0.1, 0.15) is 55.4 Å². The lowest BCUT2D eigenvalue weighted by molar-refractivity contribution is -0.177. The van der Waals surface area contributed by atoms with Crippen molar-refractivity contribution in [1.82, 2.24) is 15.5 Å². The van der Waals surface area contributed by atoms with Gasteiger partial charge < -0.3 is 10.1 Å². The highest BCUT2D eigenvalue weighted by Crippen LogP contribution is 2.51. The highest BCUT2D eigenvalue weighted by Gasteiger charge is 2.58. The molecule has 0 radical (unpaired) electrons. The maximum Gasteiger partial charge on any atom is 0.272 e. The van der Waals surface area contributed by atoms with Gasteiger partial charge in [0.15, 0.2) is 5.69 Å². The van der Waals surface area contributed by atoms with Gasteiger partial charge in [0.2, 0.25) is 0 Å². The summed E-state index contributed by atoms with van der Waals surface area (Å²) in [5, 5.41) is 10.3. The number of carbonyl (C=O) groups excluding carboxylic acids is 1. The van der Waals surface area contributed by atoms with Crippen molar-refractivity contribution in [2.75, 3.05) is 7.11 Å². The molecule has 0 aliphatic heterocycles. The number of amides is 1.